The molecule has 0 saturated carbocycles. The maximum absolute atomic E-state index is 12.8. The third-order valence-electron chi connectivity index (χ3n) is 5.86. The molecule has 0 N–H and O–H groups in total. The van der Waals surface area contributed by atoms with Crippen LogP contribution in [0.2, 0.25) is 5.02 Å². The predicted molar refractivity (Wildman–Crippen MR) is 120 cm³/mol. The number of hydrogen-bond donors (Lipinski definition) is 0. The summed E-state index contributed by atoms with van der Waals surface area (Å²) in [5, 5.41) is 0.453. The average molecular weight is 452 g/mol. The van der Waals surface area contributed by atoms with Gasteiger partial charge in [0.05, 0.1) is 0 Å². The molecule has 0 radical (unpaired) electrons. The van der Waals surface area contributed by atoms with Gasteiger partial charge in [-0.2, -0.15) is 0 Å². The molecule has 8 heteroatoms. The van der Waals surface area contributed by atoms with E-state index in [1.807, 2.05) is 0 Å². The maximum Gasteiger partial charge on any atom is 0.231 e. The predicted octanol–water partition coefficient (Wildman–Crippen LogP) is 3.40. The summed E-state index contributed by atoms with van der Waals surface area (Å²) in [6, 6.07) is 11.8. The van der Waals surface area contributed by atoms with Gasteiger partial charge in [-0.15, -0.1) is 0 Å². The Bertz CT molecular complexity index is 1150. The third-order valence-corrected chi connectivity index (χ3v) is 6.07. The summed E-state index contributed by atoms with van der Waals surface area (Å²) in [5.41, 5.74) is 1.24. The van der Waals surface area contributed by atoms with Crippen LogP contribution in [0.15, 0.2) is 46.9 Å². The van der Waals surface area contributed by atoms with Crippen molar-refractivity contribution in [3.05, 3.63) is 70.1 Å². The van der Waals surface area contributed by atoms with Crippen molar-refractivity contribution in [2.45, 2.75) is 0 Å². The molecule has 0 bridgehead atoms. The number of hydrogen-bond acceptors (Lipinski definition) is 7. The molecule has 0 amide bonds. The first kappa shape index (κ1) is 20.9. The quantitative estimate of drug-likeness (QED) is 0.460. The number of halogens is 1. The van der Waals surface area contributed by atoms with E-state index in [1.54, 1.807) is 42.5 Å². The topological polar surface area (TPSA) is 75.9 Å². The Kier molecular flexibility index (Phi) is 5.55. The minimum Gasteiger partial charge on any atom is -0.492 e. The van der Waals surface area contributed by atoms with Crippen LogP contribution in [-0.4, -0.2) is 72.7 Å². The van der Waals surface area contributed by atoms with Crippen molar-refractivity contribution >= 4 is 23.2 Å². The molecule has 0 spiro atoms. The van der Waals surface area contributed by atoms with Crippen molar-refractivity contribution < 1.29 is 18.7 Å². The third kappa shape index (κ3) is 3.95. The number of ketones is 2. The fraction of sp³-hybridized carbons (Fsp3) is 0.292. The number of piperazine rings is 1. The van der Waals surface area contributed by atoms with Crippen LogP contribution in [0, 0.1) is 0 Å². The van der Waals surface area contributed by atoms with Gasteiger partial charge in [0.2, 0.25) is 23.2 Å². The van der Waals surface area contributed by atoms with E-state index >= 15 is 0 Å². The summed E-state index contributed by atoms with van der Waals surface area (Å²) in [6.07, 6.45) is 0. The van der Waals surface area contributed by atoms with Crippen LogP contribution in [-0.2, 0) is 0 Å². The van der Waals surface area contributed by atoms with Crippen LogP contribution in [0.25, 0.3) is 11.5 Å². The minimum absolute atomic E-state index is 0.0289. The van der Waals surface area contributed by atoms with Crippen molar-refractivity contribution in [1.29, 1.82) is 0 Å². The van der Waals surface area contributed by atoms with Gasteiger partial charge >= 0.3 is 0 Å². The monoisotopic (exact) mass is 451 g/mol. The number of oxazole rings is 1. The van der Waals surface area contributed by atoms with E-state index in [4.69, 9.17) is 20.8 Å². The highest BCUT2D eigenvalue weighted by Crippen LogP contribution is 2.33. The second-order valence-corrected chi connectivity index (χ2v) is 8.51. The Morgan fingerprint density at radius 3 is 2.50 bits per heavy atom. The first-order valence-corrected chi connectivity index (χ1v) is 10.9. The molecular weight excluding hydrogens is 430 g/mol. The van der Waals surface area contributed by atoms with Gasteiger partial charge in [0.25, 0.3) is 0 Å². The first-order chi connectivity index (χ1) is 15.5. The van der Waals surface area contributed by atoms with Gasteiger partial charge in [-0.3, -0.25) is 14.5 Å². The first-order valence-electron chi connectivity index (χ1n) is 10.5. The van der Waals surface area contributed by atoms with Crippen LogP contribution in [0.4, 0.5) is 0 Å². The number of carbonyl (C=O) groups is 2. The molecule has 164 valence electrons. The second-order valence-electron chi connectivity index (χ2n) is 8.07. The molecule has 1 aliphatic heterocycles. The lowest BCUT2D eigenvalue weighted by Crippen LogP contribution is -2.45. The van der Waals surface area contributed by atoms with E-state index in [-0.39, 0.29) is 28.9 Å². The largest absolute Gasteiger partial charge is 0.492 e. The Hall–Kier alpha value is -3.00. The summed E-state index contributed by atoms with van der Waals surface area (Å²) in [7, 11) is 2.13. The summed E-state index contributed by atoms with van der Waals surface area (Å²) in [5.74, 6) is 0.0337. The Morgan fingerprint density at radius 1 is 1.03 bits per heavy atom. The summed E-state index contributed by atoms with van der Waals surface area (Å²) < 4.78 is 11.7. The molecule has 1 aliphatic carbocycles. The molecule has 2 heterocycles. The average Bonchev–Trinajstić information content (AvgIpc) is 3.25. The van der Waals surface area contributed by atoms with Gasteiger partial charge < -0.3 is 14.1 Å². The molecule has 1 fully saturated rings. The molecule has 7 nitrogen and oxygen atoms in total. The SMILES string of the molecule is CN1CCN(CCOc2cc(Cl)cc(-c3nc4c(o3)C(=O)c3ccccc3C4=O)c2)CC1. The van der Waals surface area contributed by atoms with E-state index in [2.05, 4.69) is 21.8 Å². The molecule has 1 saturated heterocycles. The number of aromatic nitrogens is 1. The Labute approximate surface area is 190 Å². The molecule has 2 aromatic carbocycles. The van der Waals surface area contributed by atoms with Gasteiger partial charge in [0.15, 0.2) is 5.69 Å². The lowest BCUT2D eigenvalue weighted by Gasteiger charge is -2.32. The molecule has 3 aromatic rings. The van der Waals surface area contributed by atoms with Gasteiger partial charge in [-0.25, -0.2) is 4.98 Å². The van der Waals surface area contributed by atoms with E-state index in [0.717, 1.165) is 32.7 Å². The standard InChI is InChI=1S/C24H22ClN3O4/c1-27-6-8-28(9-7-27)10-11-31-17-13-15(12-16(25)14-17)24-26-20-21(29)18-4-2-3-5-19(18)22(30)23(20)32-24/h2-5,12-14H,6-11H2,1H3. The number of benzene rings is 2. The van der Waals surface area contributed by atoms with Crippen molar-refractivity contribution in [3.63, 3.8) is 0 Å². The van der Waals surface area contributed by atoms with Crippen LogP contribution < -0.4 is 4.74 Å². The second kappa shape index (κ2) is 8.50. The molecular formula is C24H22ClN3O4. The van der Waals surface area contributed by atoms with E-state index < -0.39 is 0 Å². The molecule has 32 heavy (non-hydrogen) atoms. The van der Waals surface area contributed by atoms with Crippen LogP contribution in [0.1, 0.15) is 32.2 Å². The highest BCUT2D eigenvalue weighted by molar-refractivity contribution is 6.31. The summed E-state index contributed by atoms with van der Waals surface area (Å²) in [4.78, 5) is 34.6. The number of likely N-dealkylation sites (N-methyl/N-ethyl adjacent to an activating group) is 1. The van der Waals surface area contributed by atoms with Gasteiger partial charge in [0, 0.05) is 54.4 Å². The minimum atomic E-state index is -0.348. The molecule has 5 rings (SSSR count). The number of nitrogens with zero attached hydrogens (tertiary/aromatic N) is 3. The zero-order chi connectivity index (χ0) is 22.2. The van der Waals surface area contributed by atoms with Crippen molar-refractivity contribution in [3.8, 4) is 17.2 Å². The normalized spacial score (nSPS) is 16.7. The molecule has 1 aromatic heterocycles. The molecule has 0 unspecified atom stereocenters. The summed E-state index contributed by atoms with van der Waals surface area (Å²) >= 11 is 6.30. The highest BCUT2D eigenvalue weighted by atomic mass is 35.5. The van der Waals surface area contributed by atoms with Gasteiger partial charge in [-0.1, -0.05) is 35.9 Å². The number of rotatable bonds is 5. The number of fused-ring (bicyclic) bond motifs is 2. The van der Waals surface area contributed by atoms with Crippen molar-refractivity contribution in [2.24, 2.45) is 0 Å². The van der Waals surface area contributed by atoms with Crippen LogP contribution in [0.3, 0.4) is 0 Å². The van der Waals surface area contributed by atoms with Crippen molar-refractivity contribution in [1.82, 2.24) is 14.8 Å². The number of ether oxygens (including phenoxy) is 1. The fourth-order valence-corrected chi connectivity index (χ4v) is 4.24. The van der Waals surface area contributed by atoms with Gasteiger partial charge in [0.1, 0.15) is 12.4 Å². The smallest absolute Gasteiger partial charge is 0.231 e. The zero-order valence-corrected chi connectivity index (χ0v) is 18.4. The van der Waals surface area contributed by atoms with E-state index in [0.29, 0.717) is 34.1 Å². The maximum atomic E-state index is 12.8. The molecule has 0 atom stereocenters. The van der Waals surface area contributed by atoms with Crippen LogP contribution in [0.5, 0.6) is 5.75 Å². The Morgan fingerprint density at radius 2 is 1.75 bits per heavy atom. The molecule has 2 aliphatic rings. The number of carbonyl (C=O) groups excluding carboxylic acids is 2. The van der Waals surface area contributed by atoms with Gasteiger partial charge in [-0.05, 0) is 25.2 Å². The lowest BCUT2D eigenvalue weighted by atomic mass is 9.91. The Balaban J connectivity index is 1.35. The van der Waals surface area contributed by atoms with Crippen molar-refractivity contribution in [2.75, 3.05) is 46.4 Å². The highest BCUT2D eigenvalue weighted by Gasteiger charge is 2.35. The lowest BCUT2D eigenvalue weighted by molar-refractivity contribution is 0.0959. The van der Waals surface area contributed by atoms with Crippen LogP contribution >= 0.6 is 11.6 Å². The fourth-order valence-electron chi connectivity index (χ4n) is 4.01. The van der Waals surface area contributed by atoms with E-state index in [9.17, 15) is 9.59 Å². The zero-order valence-electron chi connectivity index (χ0n) is 17.6. The summed E-state index contributed by atoms with van der Waals surface area (Å²) in [6.45, 7) is 5.50. The van der Waals surface area contributed by atoms with E-state index in [1.165, 1.54) is 0 Å².